The van der Waals surface area contributed by atoms with E-state index in [1.54, 1.807) is 46.4 Å². The third kappa shape index (κ3) is 4.92. The molecular formula is C29H26N10O2. The number of aromatic amines is 1. The fourth-order valence-corrected chi connectivity index (χ4v) is 4.86. The first-order valence-electron chi connectivity index (χ1n) is 12.9. The van der Waals surface area contributed by atoms with E-state index in [4.69, 9.17) is 5.73 Å². The number of carbonyl (C=O) groups excluding carboxylic acids is 1. The highest BCUT2D eigenvalue weighted by Gasteiger charge is 2.23. The second kappa shape index (κ2) is 10.5. The van der Waals surface area contributed by atoms with Gasteiger partial charge in [-0.2, -0.15) is 5.10 Å². The minimum Gasteiger partial charge on any atom is -0.381 e. The van der Waals surface area contributed by atoms with Gasteiger partial charge in [0.2, 0.25) is 0 Å². The van der Waals surface area contributed by atoms with E-state index in [2.05, 4.69) is 42.3 Å². The third-order valence-electron chi connectivity index (χ3n) is 6.80. The molecular weight excluding hydrogens is 520 g/mol. The van der Waals surface area contributed by atoms with Gasteiger partial charge in [-0.25, -0.2) is 14.5 Å². The summed E-state index contributed by atoms with van der Waals surface area (Å²) in [5, 5.41) is 12.6. The van der Waals surface area contributed by atoms with Gasteiger partial charge in [-0.1, -0.05) is 24.0 Å². The fraction of sp³-hybridized carbons (Fsp3) is 0.172. The second-order valence-electron chi connectivity index (χ2n) is 9.60. The number of nitrogen functional groups attached to an aromatic ring is 1. The smallest absolute Gasteiger partial charge is 0.259 e. The van der Waals surface area contributed by atoms with E-state index in [1.807, 2.05) is 44.4 Å². The van der Waals surface area contributed by atoms with Crippen molar-refractivity contribution < 1.29 is 4.79 Å². The molecule has 12 heteroatoms. The highest BCUT2D eigenvalue weighted by atomic mass is 16.2. The van der Waals surface area contributed by atoms with Gasteiger partial charge in [-0.3, -0.25) is 14.3 Å². The van der Waals surface area contributed by atoms with Gasteiger partial charge in [-0.15, -0.1) is 5.10 Å². The number of imidazole rings is 1. The number of amides is 1. The van der Waals surface area contributed by atoms with Gasteiger partial charge in [0.15, 0.2) is 11.5 Å². The van der Waals surface area contributed by atoms with Crippen LogP contribution in [0.15, 0.2) is 72.4 Å². The Morgan fingerprint density at radius 3 is 2.88 bits per heavy atom. The molecule has 0 fully saturated rings. The van der Waals surface area contributed by atoms with Crippen LogP contribution in [0.4, 0.5) is 5.82 Å². The molecule has 5 aromatic heterocycles. The highest BCUT2D eigenvalue weighted by molar-refractivity contribution is 6.04. The van der Waals surface area contributed by atoms with Crippen LogP contribution in [0.5, 0.6) is 0 Å². The summed E-state index contributed by atoms with van der Waals surface area (Å²) < 4.78 is 4.81. The topological polar surface area (TPSA) is 154 Å². The summed E-state index contributed by atoms with van der Waals surface area (Å²) in [6, 6.07) is 8.63. The summed E-state index contributed by atoms with van der Waals surface area (Å²) in [6.07, 6.45) is 10.6. The van der Waals surface area contributed by atoms with Crippen molar-refractivity contribution in [2.24, 2.45) is 7.05 Å². The van der Waals surface area contributed by atoms with Crippen molar-refractivity contribution in [3.63, 3.8) is 0 Å². The molecule has 0 spiro atoms. The zero-order valence-electron chi connectivity index (χ0n) is 22.4. The summed E-state index contributed by atoms with van der Waals surface area (Å²) in [7, 11) is 1.82. The van der Waals surface area contributed by atoms with E-state index in [1.165, 1.54) is 4.52 Å². The molecule has 1 aromatic carbocycles. The maximum absolute atomic E-state index is 14.1. The molecule has 0 aliphatic heterocycles. The Morgan fingerprint density at radius 2 is 2.10 bits per heavy atom. The Balaban J connectivity index is 1.42. The lowest BCUT2D eigenvalue weighted by molar-refractivity contribution is 0.0940. The molecule has 41 heavy (non-hydrogen) atoms. The zero-order chi connectivity index (χ0) is 28.5. The summed E-state index contributed by atoms with van der Waals surface area (Å²) >= 11 is 0. The van der Waals surface area contributed by atoms with Crippen molar-refractivity contribution in [3.8, 4) is 11.8 Å². The minimum absolute atomic E-state index is 0.0691. The molecule has 12 nitrogen and oxygen atoms in total. The first-order chi connectivity index (χ1) is 19.9. The molecule has 1 amide bonds. The number of nitrogens with zero attached hydrogens (tertiary/aromatic N) is 7. The lowest BCUT2D eigenvalue weighted by atomic mass is 10.0. The molecule has 6 aromatic rings. The van der Waals surface area contributed by atoms with Crippen LogP contribution in [-0.4, -0.2) is 44.8 Å². The number of H-pyrrole nitrogens is 1. The van der Waals surface area contributed by atoms with Gasteiger partial charge in [0.1, 0.15) is 5.56 Å². The normalized spacial score (nSPS) is 11.9. The van der Waals surface area contributed by atoms with Gasteiger partial charge < -0.3 is 20.6 Å². The molecule has 0 unspecified atom stereocenters. The van der Waals surface area contributed by atoms with Crippen LogP contribution in [0.25, 0.3) is 16.4 Å². The van der Waals surface area contributed by atoms with Crippen LogP contribution in [0.3, 0.4) is 0 Å². The number of benzene rings is 1. The number of hydrogen-bond acceptors (Lipinski definition) is 7. The number of carbonyl (C=O) groups is 1. The Bertz CT molecular complexity index is 2020. The summed E-state index contributed by atoms with van der Waals surface area (Å²) in [4.78, 5) is 39.0. The molecule has 0 bridgehead atoms. The van der Waals surface area contributed by atoms with E-state index in [0.717, 1.165) is 16.6 Å². The number of rotatable bonds is 6. The number of nitrogens with two attached hydrogens (primary N) is 1. The second-order valence-corrected chi connectivity index (χ2v) is 9.60. The van der Waals surface area contributed by atoms with Crippen LogP contribution in [-0.2, 0) is 20.0 Å². The van der Waals surface area contributed by atoms with E-state index in [-0.39, 0.29) is 16.9 Å². The average molecular weight is 547 g/mol. The predicted octanol–water partition coefficient (Wildman–Crippen LogP) is 2.22. The molecule has 0 radical (unpaired) electrons. The van der Waals surface area contributed by atoms with Crippen molar-refractivity contribution >= 4 is 28.1 Å². The summed E-state index contributed by atoms with van der Waals surface area (Å²) in [6.45, 7) is 2.17. The number of nitrogens with one attached hydrogen (secondary N) is 2. The van der Waals surface area contributed by atoms with Gasteiger partial charge in [0.05, 0.1) is 35.2 Å². The molecule has 6 rings (SSSR count). The van der Waals surface area contributed by atoms with E-state index in [9.17, 15) is 9.59 Å². The number of hydrogen-bond donors (Lipinski definition) is 3. The number of aromatic nitrogens is 8. The molecule has 0 aliphatic rings. The first-order valence-corrected chi connectivity index (χ1v) is 12.9. The van der Waals surface area contributed by atoms with Crippen LogP contribution in [0.1, 0.15) is 45.8 Å². The molecule has 0 saturated carbocycles. The van der Waals surface area contributed by atoms with E-state index >= 15 is 0 Å². The Hall–Kier alpha value is -5.70. The summed E-state index contributed by atoms with van der Waals surface area (Å²) in [5.41, 5.74) is 9.19. The van der Waals surface area contributed by atoms with Crippen LogP contribution >= 0.6 is 0 Å². The third-order valence-corrected chi connectivity index (χ3v) is 6.80. The number of anilines is 1. The maximum atomic E-state index is 14.1. The Kier molecular flexibility index (Phi) is 6.52. The van der Waals surface area contributed by atoms with Crippen molar-refractivity contribution in [1.29, 1.82) is 0 Å². The molecule has 1 atom stereocenters. The lowest BCUT2D eigenvalue weighted by Gasteiger charge is -2.21. The largest absolute Gasteiger partial charge is 0.381 e. The van der Waals surface area contributed by atoms with Gasteiger partial charge in [0.25, 0.3) is 11.5 Å². The molecule has 5 heterocycles. The van der Waals surface area contributed by atoms with Gasteiger partial charge in [-0.05, 0) is 30.5 Å². The highest BCUT2D eigenvalue weighted by Crippen LogP contribution is 2.23. The minimum atomic E-state index is -0.554. The number of aryl methyl sites for hydroxylation is 2. The summed E-state index contributed by atoms with van der Waals surface area (Å²) in [5.74, 6) is 5.87. The first kappa shape index (κ1) is 25.6. The van der Waals surface area contributed by atoms with Crippen molar-refractivity contribution in [3.05, 3.63) is 106 Å². The quantitative estimate of drug-likeness (QED) is 0.271. The SMILES string of the molecule is C[C@H](NC(=O)c1c(N)nn2cccnc12)c1cc2cccc(C#Cc3cnn(C)c3)c2c(=O)n1CCc1c[nH]cn1. The van der Waals surface area contributed by atoms with Gasteiger partial charge in [0, 0.05) is 56.1 Å². The lowest BCUT2D eigenvalue weighted by Crippen LogP contribution is -2.33. The van der Waals surface area contributed by atoms with Crippen molar-refractivity contribution in [1.82, 2.24) is 44.2 Å². The standard InChI is InChI=1S/C29H26N10O2/c1-18(35-28(40)25-26(30)36-39-11-4-10-32-27(25)39)23-13-21-6-3-5-20(8-7-19-14-34-37(2)16-19)24(21)29(41)38(23)12-9-22-15-31-17-33-22/h3-6,10-11,13-18H,9,12H2,1-2H3,(H2,30,36)(H,31,33)(H,35,40)/t18-/m0/s1. The monoisotopic (exact) mass is 546 g/mol. The van der Waals surface area contributed by atoms with E-state index < -0.39 is 11.9 Å². The van der Waals surface area contributed by atoms with Crippen LogP contribution in [0.2, 0.25) is 0 Å². The fourth-order valence-electron chi connectivity index (χ4n) is 4.86. The number of fused-ring (bicyclic) bond motifs is 2. The van der Waals surface area contributed by atoms with Gasteiger partial charge >= 0.3 is 0 Å². The molecule has 4 N–H and O–H groups in total. The molecule has 0 saturated heterocycles. The zero-order valence-corrected chi connectivity index (χ0v) is 22.4. The number of pyridine rings is 1. The van der Waals surface area contributed by atoms with Crippen molar-refractivity contribution in [2.45, 2.75) is 25.9 Å². The van der Waals surface area contributed by atoms with E-state index in [0.29, 0.717) is 35.3 Å². The predicted molar refractivity (Wildman–Crippen MR) is 153 cm³/mol. The average Bonchev–Trinajstić information content (AvgIpc) is 3.70. The van der Waals surface area contributed by atoms with Crippen molar-refractivity contribution in [2.75, 3.05) is 5.73 Å². The Labute approximate surface area is 233 Å². The molecule has 0 aliphatic carbocycles. The Morgan fingerprint density at radius 1 is 1.22 bits per heavy atom. The molecule has 204 valence electrons. The van der Waals surface area contributed by atoms with Crippen LogP contribution in [0, 0.1) is 11.8 Å². The maximum Gasteiger partial charge on any atom is 0.259 e. The van der Waals surface area contributed by atoms with Crippen LogP contribution < -0.4 is 16.6 Å².